The number of hydrogen-bond donors (Lipinski definition) is 1. The van der Waals surface area contributed by atoms with Gasteiger partial charge in [0.15, 0.2) is 0 Å². The average Bonchev–Trinajstić information content (AvgIpc) is 2.78. The van der Waals surface area contributed by atoms with Gasteiger partial charge >= 0.3 is 5.97 Å². The molecule has 2 atom stereocenters. The first-order valence-corrected chi connectivity index (χ1v) is 6.98. The largest absolute Gasteiger partial charge is 0.485 e. The van der Waals surface area contributed by atoms with E-state index in [-0.39, 0.29) is 5.60 Å². The average molecular weight is 311 g/mol. The number of hydrogen-bond acceptors (Lipinski definition) is 2. The van der Waals surface area contributed by atoms with Gasteiger partial charge in [0.1, 0.15) is 11.4 Å². The lowest BCUT2D eigenvalue weighted by Crippen LogP contribution is -2.29. The molecule has 1 aliphatic heterocycles. The maximum Gasteiger partial charge on any atom is 0.336 e. The molecule has 3 nitrogen and oxygen atoms in total. The molecule has 96 valence electrons. The summed E-state index contributed by atoms with van der Waals surface area (Å²) in [6, 6.07) is 1.80. The maximum absolute atomic E-state index is 11.3. The zero-order chi connectivity index (χ0) is 13.1. The van der Waals surface area contributed by atoms with Crippen molar-refractivity contribution in [3.63, 3.8) is 0 Å². The van der Waals surface area contributed by atoms with Crippen molar-refractivity contribution < 1.29 is 14.6 Å². The third kappa shape index (κ3) is 1.44. The van der Waals surface area contributed by atoms with Crippen molar-refractivity contribution >= 4 is 21.9 Å². The van der Waals surface area contributed by atoms with Gasteiger partial charge in [-0.3, -0.25) is 0 Å². The third-order valence-corrected chi connectivity index (χ3v) is 5.29. The van der Waals surface area contributed by atoms with Gasteiger partial charge in [0, 0.05) is 11.5 Å². The van der Waals surface area contributed by atoms with E-state index in [9.17, 15) is 9.90 Å². The Bertz CT molecular complexity index is 552. The summed E-state index contributed by atoms with van der Waals surface area (Å²) in [5, 5.41) is 9.26. The highest BCUT2D eigenvalue weighted by atomic mass is 79.9. The Labute approximate surface area is 114 Å². The van der Waals surface area contributed by atoms with Gasteiger partial charge in [0.25, 0.3) is 0 Å². The molecule has 0 bridgehead atoms. The normalized spacial score (nSPS) is 28.7. The highest BCUT2D eigenvalue weighted by molar-refractivity contribution is 9.10. The molecule has 1 aromatic carbocycles. The number of carboxylic acid groups (broad SMARTS) is 1. The van der Waals surface area contributed by atoms with Crippen LogP contribution < -0.4 is 4.74 Å². The van der Waals surface area contributed by atoms with E-state index in [1.807, 2.05) is 6.92 Å². The summed E-state index contributed by atoms with van der Waals surface area (Å²) in [7, 11) is 0. The number of carbonyl (C=O) groups is 1. The number of benzene rings is 1. The molecule has 2 aliphatic rings. The predicted octanol–water partition coefficient (Wildman–Crippen LogP) is 3.87. The molecule has 1 N–H and O–H groups in total. The van der Waals surface area contributed by atoms with E-state index in [4.69, 9.17) is 4.74 Å². The zero-order valence-corrected chi connectivity index (χ0v) is 12.0. The van der Waals surface area contributed by atoms with Crippen molar-refractivity contribution in [3.8, 4) is 5.75 Å². The van der Waals surface area contributed by atoms with Gasteiger partial charge in [-0.15, -0.1) is 0 Å². The molecule has 1 aliphatic carbocycles. The molecule has 3 rings (SSSR count). The lowest BCUT2D eigenvalue weighted by atomic mass is 9.87. The molecule has 1 saturated carbocycles. The van der Waals surface area contributed by atoms with E-state index in [0.29, 0.717) is 11.5 Å². The minimum absolute atomic E-state index is 0.144. The lowest BCUT2D eigenvalue weighted by Gasteiger charge is -2.23. The van der Waals surface area contributed by atoms with Crippen molar-refractivity contribution in [2.45, 2.75) is 44.6 Å². The monoisotopic (exact) mass is 310 g/mol. The summed E-state index contributed by atoms with van der Waals surface area (Å²) < 4.78 is 6.92. The number of fused-ring (bicyclic) bond motifs is 3. The van der Waals surface area contributed by atoms with E-state index in [2.05, 4.69) is 22.9 Å². The first-order chi connectivity index (χ1) is 8.44. The second-order valence-corrected chi connectivity index (χ2v) is 6.24. The zero-order valence-electron chi connectivity index (χ0n) is 10.4. The Morgan fingerprint density at radius 2 is 2.33 bits per heavy atom. The number of ether oxygens (including phenoxy) is 1. The van der Waals surface area contributed by atoms with Crippen molar-refractivity contribution in [1.29, 1.82) is 0 Å². The molecular formula is C14H15BrO3. The minimum Gasteiger partial charge on any atom is -0.485 e. The molecule has 4 heteroatoms. The fraction of sp³-hybridized carbons (Fsp3) is 0.500. The van der Waals surface area contributed by atoms with Crippen LogP contribution in [0.25, 0.3) is 0 Å². The molecule has 2 unspecified atom stereocenters. The summed E-state index contributed by atoms with van der Waals surface area (Å²) in [6.45, 7) is 3.94. The van der Waals surface area contributed by atoms with Crippen molar-refractivity contribution in [1.82, 2.24) is 0 Å². The Morgan fingerprint density at radius 3 is 3.00 bits per heavy atom. The van der Waals surface area contributed by atoms with E-state index in [1.165, 1.54) is 0 Å². The van der Waals surface area contributed by atoms with Crippen LogP contribution >= 0.6 is 15.9 Å². The van der Waals surface area contributed by atoms with E-state index < -0.39 is 5.97 Å². The number of carboxylic acids is 1. The van der Waals surface area contributed by atoms with Gasteiger partial charge in [-0.1, -0.05) is 0 Å². The number of aromatic carboxylic acids is 1. The fourth-order valence-corrected chi connectivity index (χ4v) is 3.83. The Morgan fingerprint density at radius 1 is 1.61 bits per heavy atom. The van der Waals surface area contributed by atoms with Gasteiger partial charge in [0.2, 0.25) is 0 Å². The van der Waals surface area contributed by atoms with Gasteiger partial charge < -0.3 is 9.84 Å². The first kappa shape index (κ1) is 12.0. The maximum atomic E-state index is 11.3. The van der Waals surface area contributed by atoms with Crippen molar-refractivity contribution in [2.24, 2.45) is 0 Å². The molecule has 1 aromatic rings. The molecule has 0 aromatic heterocycles. The van der Waals surface area contributed by atoms with E-state index in [0.717, 1.165) is 40.6 Å². The summed E-state index contributed by atoms with van der Waals surface area (Å²) >= 11 is 3.49. The Balaban J connectivity index is 2.22. The molecule has 1 heterocycles. The molecule has 0 spiro atoms. The second-order valence-electron chi connectivity index (χ2n) is 5.45. The quantitative estimate of drug-likeness (QED) is 0.856. The van der Waals surface area contributed by atoms with Crippen LogP contribution in [0.15, 0.2) is 10.5 Å². The summed E-state index contributed by atoms with van der Waals surface area (Å²) in [4.78, 5) is 11.3. The van der Waals surface area contributed by atoms with Gasteiger partial charge in [-0.2, -0.15) is 0 Å². The second kappa shape index (κ2) is 3.73. The highest BCUT2D eigenvalue weighted by Crippen LogP contribution is 2.56. The smallest absolute Gasteiger partial charge is 0.336 e. The van der Waals surface area contributed by atoms with Crippen molar-refractivity contribution in [3.05, 3.63) is 27.2 Å². The van der Waals surface area contributed by atoms with Crippen LogP contribution in [0.5, 0.6) is 5.75 Å². The Hall–Kier alpha value is -1.03. The van der Waals surface area contributed by atoms with Crippen LogP contribution in [0, 0.1) is 6.92 Å². The fourth-order valence-electron chi connectivity index (χ4n) is 3.31. The van der Waals surface area contributed by atoms with E-state index in [1.54, 1.807) is 6.07 Å². The molecule has 18 heavy (non-hydrogen) atoms. The molecular weight excluding hydrogens is 296 g/mol. The molecule has 0 saturated heterocycles. The van der Waals surface area contributed by atoms with Crippen LogP contribution in [-0.2, 0) is 0 Å². The third-order valence-electron chi connectivity index (χ3n) is 4.34. The first-order valence-electron chi connectivity index (χ1n) is 6.19. The van der Waals surface area contributed by atoms with Crippen LogP contribution in [0.3, 0.4) is 0 Å². The number of rotatable bonds is 1. The molecule has 0 amide bonds. The van der Waals surface area contributed by atoms with Crippen LogP contribution in [0.2, 0.25) is 0 Å². The molecule has 1 fully saturated rings. The number of halogens is 1. The topological polar surface area (TPSA) is 46.5 Å². The SMILES string of the molecule is Cc1c(C(=O)O)cc2c(c1Br)OC1(C)CCCC21. The summed E-state index contributed by atoms with van der Waals surface area (Å²) in [6.07, 6.45) is 3.27. The van der Waals surface area contributed by atoms with Gasteiger partial charge in [-0.05, 0) is 60.7 Å². The van der Waals surface area contributed by atoms with Gasteiger partial charge in [0.05, 0.1) is 10.0 Å². The van der Waals surface area contributed by atoms with E-state index >= 15 is 0 Å². The Kier molecular flexibility index (Phi) is 2.49. The summed E-state index contributed by atoms with van der Waals surface area (Å²) in [5.41, 5.74) is 2.03. The van der Waals surface area contributed by atoms with Crippen molar-refractivity contribution in [2.75, 3.05) is 0 Å². The van der Waals surface area contributed by atoms with Crippen LogP contribution in [0.4, 0.5) is 0 Å². The summed E-state index contributed by atoms with van der Waals surface area (Å²) in [5.74, 6) is 0.315. The minimum atomic E-state index is -0.873. The van der Waals surface area contributed by atoms with Crippen LogP contribution in [0.1, 0.15) is 53.6 Å². The highest BCUT2D eigenvalue weighted by Gasteiger charge is 2.49. The lowest BCUT2D eigenvalue weighted by molar-refractivity contribution is 0.0696. The van der Waals surface area contributed by atoms with Crippen LogP contribution in [-0.4, -0.2) is 16.7 Å². The predicted molar refractivity (Wildman–Crippen MR) is 71.5 cm³/mol. The molecule has 0 radical (unpaired) electrons. The standard InChI is InChI=1S/C14H15BrO3/c1-7-8(13(16)17)6-9-10-4-3-5-14(10,2)18-12(9)11(7)15/h6,10H,3-5H2,1-2H3,(H,16,17). The van der Waals surface area contributed by atoms with Gasteiger partial charge in [-0.25, -0.2) is 4.79 Å².